The molecule has 0 radical (unpaired) electrons. The lowest BCUT2D eigenvalue weighted by molar-refractivity contribution is 0.0691. The second-order valence-electron chi connectivity index (χ2n) is 6.07. The van der Waals surface area contributed by atoms with Crippen LogP contribution in [0.5, 0.6) is 5.75 Å². The highest BCUT2D eigenvalue weighted by molar-refractivity contribution is 5.90. The Morgan fingerprint density at radius 2 is 2.00 bits per heavy atom. The standard InChI is InChI=1S/C17H25NO3/c1-13(2)14-7-9-18(10-8-14)11-12-21-16-6-4-3-5-15(16)17(19)20/h3-6,13-14H,7-12H2,1-2H3,(H,19,20). The van der Waals surface area contributed by atoms with Gasteiger partial charge in [-0.05, 0) is 49.9 Å². The van der Waals surface area contributed by atoms with Crippen LogP contribution in [-0.4, -0.2) is 42.2 Å². The number of rotatable bonds is 6. The first-order valence-electron chi connectivity index (χ1n) is 7.75. The van der Waals surface area contributed by atoms with E-state index in [-0.39, 0.29) is 5.56 Å². The normalized spacial score (nSPS) is 17.1. The topological polar surface area (TPSA) is 49.8 Å². The van der Waals surface area contributed by atoms with Crippen LogP contribution in [-0.2, 0) is 0 Å². The molecule has 116 valence electrons. The molecule has 0 spiro atoms. The van der Waals surface area contributed by atoms with Crippen LogP contribution in [0.2, 0.25) is 0 Å². The maximum Gasteiger partial charge on any atom is 0.339 e. The summed E-state index contributed by atoms with van der Waals surface area (Å²) >= 11 is 0. The summed E-state index contributed by atoms with van der Waals surface area (Å²) in [7, 11) is 0. The highest BCUT2D eigenvalue weighted by Crippen LogP contribution is 2.24. The molecule has 1 saturated heterocycles. The third kappa shape index (κ3) is 4.46. The van der Waals surface area contributed by atoms with Gasteiger partial charge in [-0.2, -0.15) is 0 Å². The molecule has 1 aromatic rings. The Kier molecular flexibility index (Phi) is 5.62. The molecule has 1 fully saturated rings. The Morgan fingerprint density at radius 3 is 2.62 bits per heavy atom. The van der Waals surface area contributed by atoms with Crippen LogP contribution in [0.3, 0.4) is 0 Å². The Hall–Kier alpha value is -1.55. The van der Waals surface area contributed by atoms with Crippen LogP contribution < -0.4 is 4.74 Å². The van der Waals surface area contributed by atoms with Gasteiger partial charge in [0.15, 0.2) is 0 Å². The van der Waals surface area contributed by atoms with Crippen molar-refractivity contribution in [2.24, 2.45) is 11.8 Å². The van der Waals surface area contributed by atoms with Gasteiger partial charge in [-0.3, -0.25) is 4.90 Å². The van der Waals surface area contributed by atoms with Crippen molar-refractivity contribution in [1.29, 1.82) is 0 Å². The molecule has 0 aromatic heterocycles. The molecular formula is C17H25NO3. The lowest BCUT2D eigenvalue weighted by atomic mass is 9.87. The smallest absolute Gasteiger partial charge is 0.339 e. The average molecular weight is 291 g/mol. The number of para-hydroxylation sites is 1. The van der Waals surface area contributed by atoms with Gasteiger partial charge in [-0.15, -0.1) is 0 Å². The first kappa shape index (κ1) is 15.8. The Balaban J connectivity index is 1.77. The number of hydrogen-bond acceptors (Lipinski definition) is 3. The summed E-state index contributed by atoms with van der Waals surface area (Å²) in [4.78, 5) is 13.5. The molecule has 1 aromatic carbocycles. The molecule has 21 heavy (non-hydrogen) atoms. The van der Waals surface area contributed by atoms with E-state index >= 15 is 0 Å². The summed E-state index contributed by atoms with van der Waals surface area (Å²) in [6, 6.07) is 6.81. The van der Waals surface area contributed by atoms with E-state index in [0.717, 1.165) is 31.5 Å². The fraction of sp³-hybridized carbons (Fsp3) is 0.588. The van der Waals surface area contributed by atoms with Crippen molar-refractivity contribution in [2.45, 2.75) is 26.7 Å². The molecule has 0 unspecified atom stereocenters. The number of carbonyl (C=O) groups is 1. The van der Waals surface area contributed by atoms with E-state index in [1.165, 1.54) is 12.8 Å². The molecular weight excluding hydrogens is 266 g/mol. The van der Waals surface area contributed by atoms with Crippen molar-refractivity contribution in [3.8, 4) is 5.75 Å². The summed E-state index contributed by atoms with van der Waals surface area (Å²) in [5.74, 6) is 1.13. The second-order valence-corrected chi connectivity index (χ2v) is 6.07. The van der Waals surface area contributed by atoms with Gasteiger partial charge in [0, 0.05) is 6.54 Å². The maximum absolute atomic E-state index is 11.1. The predicted octanol–water partition coefficient (Wildman–Crippen LogP) is 3.13. The minimum absolute atomic E-state index is 0.232. The Morgan fingerprint density at radius 1 is 1.33 bits per heavy atom. The van der Waals surface area contributed by atoms with E-state index < -0.39 is 5.97 Å². The van der Waals surface area contributed by atoms with E-state index in [9.17, 15) is 4.79 Å². The number of hydrogen-bond donors (Lipinski definition) is 1. The van der Waals surface area contributed by atoms with Crippen LogP contribution in [0.1, 0.15) is 37.0 Å². The van der Waals surface area contributed by atoms with Gasteiger partial charge in [-0.25, -0.2) is 4.79 Å². The molecule has 0 atom stereocenters. The largest absolute Gasteiger partial charge is 0.491 e. The van der Waals surface area contributed by atoms with Gasteiger partial charge in [0.25, 0.3) is 0 Å². The highest BCUT2D eigenvalue weighted by atomic mass is 16.5. The molecule has 0 amide bonds. The molecule has 0 aliphatic carbocycles. The highest BCUT2D eigenvalue weighted by Gasteiger charge is 2.21. The number of carboxylic acids is 1. The maximum atomic E-state index is 11.1. The first-order valence-corrected chi connectivity index (χ1v) is 7.75. The van der Waals surface area contributed by atoms with Crippen LogP contribution in [0.4, 0.5) is 0 Å². The molecule has 1 heterocycles. The zero-order valence-electron chi connectivity index (χ0n) is 12.9. The van der Waals surface area contributed by atoms with Gasteiger partial charge in [0.2, 0.25) is 0 Å². The van der Waals surface area contributed by atoms with Gasteiger partial charge in [0.05, 0.1) is 0 Å². The van der Waals surface area contributed by atoms with Gasteiger partial charge in [0.1, 0.15) is 17.9 Å². The number of piperidine rings is 1. The molecule has 4 nitrogen and oxygen atoms in total. The average Bonchev–Trinajstić information content (AvgIpc) is 2.48. The molecule has 2 rings (SSSR count). The van der Waals surface area contributed by atoms with Crippen molar-refractivity contribution in [2.75, 3.05) is 26.2 Å². The minimum Gasteiger partial charge on any atom is -0.491 e. The Bertz CT molecular complexity index is 465. The lowest BCUT2D eigenvalue weighted by Crippen LogP contribution is -2.37. The van der Waals surface area contributed by atoms with E-state index in [2.05, 4.69) is 18.7 Å². The SMILES string of the molecule is CC(C)C1CCN(CCOc2ccccc2C(=O)O)CC1. The van der Waals surface area contributed by atoms with E-state index in [1.54, 1.807) is 24.3 Å². The number of nitrogens with zero attached hydrogens (tertiary/aromatic N) is 1. The van der Waals surface area contributed by atoms with Crippen molar-refractivity contribution in [3.05, 3.63) is 29.8 Å². The van der Waals surface area contributed by atoms with Crippen LogP contribution in [0, 0.1) is 11.8 Å². The second kappa shape index (κ2) is 7.46. The molecule has 4 heteroatoms. The summed E-state index contributed by atoms with van der Waals surface area (Å²) in [5, 5.41) is 9.10. The third-order valence-electron chi connectivity index (χ3n) is 4.36. The first-order chi connectivity index (χ1) is 10.1. The van der Waals surface area contributed by atoms with Crippen LogP contribution in [0.15, 0.2) is 24.3 Å². The number of likely N-dealkylation sites (tertiary alicyclic amines) is 1. The number of carboxylic acid groups (broad SMARTS) is 1. The quantitative estimate of drug-likeness (QED) is 0.875. The third-order valence-corrected chi connectivity index (χ3v) is 4.36. The fourth-order valence-electron chi connectivity index (χ4n) is 2.90. The summed E-state index contributed by atoms with van der Waals surface area (Å²) in [5.41, 5.74) is 0.232. The van der Waals surface area contributed by atoms with Crippen LogP contribution in [0.25, 0.3) is 0 Å². The van der Waals surface area contributed by atoms with Crippen molar-refractivity contribution >= 4 is 5.97 Å². The molecule has 1 aliphatic rings. The zero-order valence-corrected chi connectivity index (χ0v) is 12.9. The summed E-state index contributed by atoms with van der Waals surface area (Å²) in [6.45, 7) is 8.23. The van der Waals surface area contributed by atoms with E-state index in [1.807, 2.05) is 0 Å². The van der Waals surface area contributed by atoms with Gasteiger partial charge in [-0.1, -0.05) is 26.0 Å². The van der Waals surface area contributed by atoms with Gasteiger partial charge >= 0.3 is 5.97 Å². The van der Waals surface area contributed by atoms with Crippen molar-refractivity contribution in [1.82, 2.24) is 4.90 Å². The minimum atomic E-state index is -0.941. The van der Waals surface area contributed by atoms with E-state index in [0.29, 0.717) is 12.4 Å². The number of benzene rings is 1. The zero-order chi connectivity index (χ0) is 15.2. The van der Waals surface area contributed by atoms with Gasteiger partial charge < -0.3 is 9.84 Å². The fourth-order valence-corrected chi connectivity index (χ4v) is 2.90. The molecule has 1 N–H and O–H groups in total. The summed E-state index contributed by atoms with van der Waals surface area (Å²) in [6.07, 6.45) is 2.51. The molecule has 0 bridgehead atoms. The van der Waals surface area contributed by atoms with Crippen molar-refractivity contribution in [3.63, 3.8) is 0 Å². The van der Waals surface area contributed by atoms with Crippen molar-refractivity contribution < 1.29 is 14.6 Å². The predicted molar refractivity (Wildman–Crippen MR) is 82.9 cm³/mol. The lowest BCUT2D eigenvalue weighted by Gasteiger charge is -2.33. The summed E-state index contributed by atoms with van der Waals surface area (Å²) < 4.78 is 5.65. The Labute approximate surface area is 126 Å². The number of aromatic carboxylic acids is 1. The molecule has 1 aliphatic heterocycles. The number of ether oxygens (including phenoxy) is 1. The van der Waals surface area contributed by atoms with Crippen LogP contribution >= 0.6 is 0 Å². The monoisotopic (exact) mass is 291 g/mol. The van der Waals surface area contributed by atoms with E-state index in [4.69, 9.17) is 9.84 Å². The molecule has 0 saturated carbocycles.